The van der Waals surface area contributed by atoms with Crippen molar-refractivity contribution in [3.63, 3.8) is 0 Å². The smallest absolute Gasteiger partial charge is 0.417 e. The third-order valence-corrected chi connectivity index (χ3v) is 4.94. The van der Waals surface area contributed by atoms with Gasteiger partial charge in [-0.25, -0.2) is 4.39 Å². The Bertz CT molecular complexity index is 777. The zero-order valence-electron chi connectivity index (χ0n) is 15.6. The van der Waals surface area contributed by atoms with E-state index in [2.05, 4.69) is 4.98 Å². The predicted molar refractivity (Wildman–Crippen MR) is 94.3 cm³/mol. The molecule has 27 heavy (non-hydrogen) atoms. The number of hydrogen-bond acceptors (Lipinski definition) is 3. The van der Waals surface area contributed by atoms with E-state index >= 15 is 0 Å². The number of ether oxygens (including phenoxy) is 1. The molecule has 2 unspecified atom stereocenters. The van der Waals surface area contributed by atoms with Crippen molar-refractivity contribution in [2.75, 3.05) is 7.11 Å². The standard InChI is InChI=1S/C20H23F4NO2/c1-13(16-7-5-6-10-25-16)19(26,20(22,23)24)12-18(2,3)15-11-14(21)8-9-17(15)27-4/h5-11,13,26H,12H2,1-4H3. The molecule has 0 saturated heterocycles. The second-order valence-corrected chi connectivity index (χ2v) is 7.30. The van der Waals surface area contributed by atoms with Gasteiger partial charge in [0.05, 0.1) is 7.11 Å². The van der Waals surface area contributed by atoms with Crippen LogP contribution in [0.4, 0.5) is 17.6 Å². The summed E-state index contributed by atoms with van der Waals surface area (Å²) in [7, 11) is 1.36. The first-order valence-electron chi connectivity index (χ1n) is 8.46. The highest BCUT2D eigenvalue weighted by atomic mass is 19.4. The third-order valence-electron chi connectivity index (χ3n) is 4.94. The van der Waals surface area contributed by atoms with Crippen LogP contribution in [0.25, 0.3) is 0 Å². The molecule has 7 heteroatoms. The van der Waals surface area contributed by atoms with Gasteiger partial charge in [-0.3, -0.25) is 4.98 Å². The Kier molecular flexibility index (Phi) is 5.85. The number of methoxy groups -OCH3 is 1. The van der Waals surface area contributed by atoms with Crippen LogP contribution in [0.15, 0.2) is 42.6 Å². The van der Waals surface area contributed by atoms with Gasteiger partial charge in [0.2, 0.25) is 0 Å². The Hall–Kier alpha value is -2.15. The van der Waals surface area contributed by atoms with Crippen molar-refractivity contribution in [1.82, 2.24) is 4.98 Å². The average molecular weight is 385 g/mol. The van der Waals surface area contributed by atoms with Crippen LogP contribution >= 0.6 is 0 Å². The zero-order chi connectivity index (χ0) is 20.5. The lowest BCUT2D eigenvalue weighted by molar-refractivity contribution is -0.274. The number of aromatic nitrogens is 1. The minimum absolute atomic E-state index is 0.124. The molecule has 0 bridgehead atoms. The number of benzene rings is 1. The van der Waals surface area contributed by atoms with E-state index in [1.807, 2.05) is 0 Å². The van der Waals surface area contributed by atoms with E-state index in [1.54, 1.807) is 12.1 Å². The van der Waals surface area contributed by atoms with Crippen molar-refractivity contribution in [2.24, 2.45) is 0 Å². The van der Waals surface area contributed by atoms with E-state index in [4.69, 9.17) is 4.74 Å². The van der Waals surface area contributed by atoms with E-state index in [1.165, 1.54) is 52.3 Å². The maximum Gasteiger partial charge on any atom is 0.417 e. The molecule has 1 heterocycles. The lowest BCUT2D eigenvalue weighted by Gasteiger charge is -2.41. The Morgan fingerprint density at radius 2 is 1.81 bits per heavy atom. The van der Waals surface area contributed by atoms with E-state index in [0.29, 0.717) is 0 Å². The molecule has 0 saturated carbocycles. The van der Waals surface area contributed by atoms with Crippen molar-refractivity contribution in [1.29, 1.82) is 0 Å². The number of pyridine rings is 1. The van der Waals surface area contributed by atoms with Gasteiger partial charge in [-0.1, -0.05) is 26.8 Å². The number of aliphatic hydroxyl groups is 1. The molecule has 2 atom stereocenters. The van der Waals surface area contributed by atoms with Crippen molar-refractivity contribution in [3.8, 4) is 5.75 Å². The summed E-state index contributed by atoms with van der Waals surface area (Å²) in [6.45, 7) is 4.33. The first-order chi connectivity index (χ1) is 12.4. The van der Waals surface area contributed by atoms with Crippen LogP contribution in [0, 0.1) is 5.82 Å². The molecule has 1 aromatic carbocycles. The van der Waals surface area contributed by atoms with Crippen molar-refractivity contribution in [2.45, 2.75) is 50.3 Å². The van der Waals surface area contributed by atoms with Crippen molar-refractivity contribution in [3.05, 3.63) is 59.7 Å². The summed E-state index contributed by atoms with van der Waals surface area (Å²) in [6.07, 6.45) is -4.23. The normalized spacial score (nSPS) is 15.9. The summed E-state index contributed by atoms with van der Waals surface area (Å²) in [6, 6.07) is 8.27. The van der Waals surface area contributed by atoms with Gasteiger partial charge in [-0.15, -0.1) is 0 Å². The molecule has 1 N–H and O–H groups in total. The number of hydrogen-bond donors (Lipinski definition) is 1. The van der Waals surface area contributed by atoms with Crippen LogP contribution < -0.4 is 4.74 Å². The molecule has 0 radical (unpaired) electrons. The molecule has 0 aliphatic rings. The van der Waals surface area contributed by atoms with Gasteiger partial charge in [0.1, 0.15) is 11.6 Å². The Morgan fingerprint density at radius 3 is 2.33 bits per heavy atom. The Morgan fingerprint density at radius 1 is 1.15 bits per heavy atom. The lowest BCUT2D eigenvalue weighted by Crippen LogP contribution is -2.53. The summed E-state index contributed by atoms with van der Waals surface area (Å²) in [5.41, 5.74) is -3.93. The number of alkyl halides is 3. The Labute approximate surface area is 156 Å². The first kappa shape index (κ1) is 21.2. The second kappa shape index (κ2) is 7.46. The molecule has 148 valence electrons. The molecule has 0 amide bonds. The molecule has 0 aliphatic carbocycles. The van der Waals surface area contributed by atoms with Gasteiger partial charge in [-0.05, 0) is 42.2 Å². The van der Waals surface area contributed by atoms with Gasteiger partial charge in [-0.2, -0.15) is 13.2 Å². The zero-order valence-corrected chi connectivity index (χ0v) is 15.6. The molecule has 0 fully saturated rings. The highest BCUT2D eigenvalue weighted by Crippen LogP contribution is 2.49. The fourth-order valence-corrected chi connectivity index (χ4v) is 3.35. The summed E-state index contributed by atoms with van der Waals surface area (Å²) in [5, 5.41) is 10.8. The van der Waals surface area contributed by atoms with Crippen LogP contribution in [0.3, 0.4) is 0 Å². The van der Waals surface area contributed by atoms with E-state index in [0.717, 1.165) is 6.07 Å². The summed E-state index contributed by atoms with van der Waals surface area (Å²) in [4.78, 5) is 3.96. The monoisotopic (exact) mass is 385 g/mol. The minimum atomic E-state index is -4.91. The quantitative estimate of drug-likeness (QED) is 0.712. The van der Waals surface area contributed by atoms with Gasteiger partial charge in [0.25, 0.3) is 0 Å². The molecular formula is C20H23F4NO2. The maximum absolute atomic E-state index is 14.0. The predicted octanol–water partition coefficient (Wildman–Crippen LogP) is 4.99. The third kappa shape index (κ3) is 4.24. The topological polar surface area (TPSA) is 42.4 Å². The fourth-order valence-electron chi connectivity index (χ4n) is 3.35. The SMILES string of the molecule is COc1ccc(F)cc1C(C)(C)CC(O)(C(C)c1ccccn1)C(F)(F)F. The Balaban J connectivity index is 2.51. The van der Waals surface area contributed by atoms with Crippen LogP contribution in [0.5, 0.6) is 5.75 Å². The van der Waals surface area contributed by atoms with Gasteiger partial charge < -0.3 is 9.84 Å². The van der Waals surface area contributed by atoms with E-state index in [-0.39, 0.29) is 17.0 Å². The number of halogens is 4. The fraction of sp³-hybridized carbons (Fsp3) is 0.450. The molecule has 2 rings (SSSR count). The van der Waals surface area contributed by atoms with Crippen LogP contribution in [0.1, 0.15) is 44.4 Å². The molecule has 0 aliphatic heterocycles. The van der Waals surface area contributed by atoms with Gasteiger partial charge >= 0.3 is 6.18 Å². The first-order valence-corrected chi connectivity index (χ1v) is 8.46. The van der Waals surface area contributed by atoms with Crippen molar-refractivity contribution < 1.29 is 27.4 Å². The van der Waals surface area contributed by atoms with Gasteiger partial charge in [0, 0.05) is 23.4 Å². The van der Waals surface area contributed by atoms with Crippen LogP contribution in [-0.2, 0) is 5.41 Å². The van der Waals surface area contributed by atoms with Crippen LogP contribution in [-0.4, -0.2) is 29.0 Å². The number of nitrogens with zero attached hydrogens (tertiary/aromatic N) is 1. The summed E-state index contributed by atoms with van der Waals surface area (Å²) < 4.78 is 60.8. The minimum Gasteiger partial charge on any atom is -0.496 e. The second-order valence-electron chi connectivity index (χ2n) is 7.30. The highest BCUT2D eigenvalue weighted by molar-refractivity contribution is 5.40. The molecule has 1 aromatic heterocycles. The average Bonchev–Trinajstić information content (AvgIpc) is 2.60. The van der Waals surface area contributed by atoms with Crippen LogP contribution in [0.2, 0.25) is 0 Å². The molecule has 2 aromatic rings. The molecular weight excluding hydrogens is 362 g/mol. The number of rotatable bonds is 6. The van der Waals surface area contributed by atoms with E-state index < -0.39 is 35.3 Å². The molecule has 0 spiro atoms. The summed E-state index contributed by atoms with van der Waals surface area (Å²) in [5.74, 6) is -1.65. The summed E-state index contributed by atoms with van der Waals surface area (Å²) >= 11 is 0. The van der Waals surface area contributed by atoms with Gasteiger partial charge in [0.15, 0.2) is 5.60 Å². The van der Waals surface area contributed by atoms with Crippen molar-refractivity contribution >= 4 is 0 Å². The molecule has 3 nitrogen and oxygen atoms in total. The highest BCUT2D eigenvalue weighted by Gasteiger charge is 2.59. The lowest BCUT2D eigenvalue weighted by atomic mass is 9.70. The maximum atomic E-state index is 14.0. The largest absolute Gasteiger partial charge is 0.496 e. The van der Waals surface area contributed by atoms with E-state index in [9.17, 15) is 22.7 Å².